The standard InChI is InChI=1S/C60H92O32S/c1-22(2)16-24(62)18-59(8)30-11-14-58(7)33-25(10-15-60(30,58)55(76)92-59)57(6)13-12-32(56(4,5)31(57)17-26(33)63)87-54-48(36(66)28(20-81-54)85-51-39(69)37(67)34(64)29(86-51)21-82-93(77,78)79)91-50-40(70)38(68)44(23(3)83-50)88-52-43(73)46(35(65)27(19-61)84-52)89-53-42(72)45(80-9)41(71)47(90-53)49(74)75/h22-23,27-32,34-48,50-54,61,64-73H,10-21H2,1-9H3,(H,74,75)(H,77,78,79)/t23-,27-,28-,29-,30-,31+,32+,34-,35-,36+,37+,38+,39-,40-,41+,42-,43-,44-,45+,46+,47+,48+,50+,51+,52+,53-,54+,57-,58+,59+,60-/m1/s1. The maximum absolute atomic E-state index is 15.2. The van der Waals surface area contributed by atoms with Gasteiger partial charge in [-0.05, 0) is 75.0 Å². The molecule has 0 aromatic rings. The number of Topliss-reactive ketones (excluding diaryl/α,β-unsaturated/α-hetero) is 2. The molecule has 32 nitrogen and oxygen atoms in total. The van der Waals surface area contributed by atoms with E-state index >= 15 is 4.79 Å². The molecule has 0 radical (unpaired) electrons. The molecule has 0 aromatic heterocycles. The van der Waals surface area contributed by atoms with Crippen molar-refractivity contribution in [1.82, 2.24) is 0 Å². The molecule has 6 saturated heterocycles. The summed E-state index contributed by atoms with van der Waals surface area (Å²) in [4.78, 5) is 55.0. The number of carbonyl (C=O) groups is 4. The van der Waals surface area contributed by atoms with Gasteiger partial charge in [0.05, 0.1) is 37.4 Å². The minimum atomic E-state index is -5.11. The van der Waals surface area contributed by atoms with Crippen molar-refractivity contribution in [3.8, 4) is 0 Å². The molecule has 530 valence electrons. The minimum Gasteiger partial charge on any atom is -0.479 e. The Morgan fingerprint density at radius 1 is 0.656 bits per heavy atom. The highest BCUT2D eigenvalue weighted by molar-refractivity contribution is 7.80. The summed E-state index contributed by atoms with van der Waals surface area (Å²) in [5, 5.41) is 133. The van der Waals surface area contributed by atoms with Crippen LogP contribution in [-0.4, -0.2) is 284 Å². The number of allylic oxidation sites excluding steroid dienone is 2. The van der Waals surface area contributed by atoms with Crippen molar-refractivity contribution >= 4 is 33.9 Å². The van der Waals surface area contributed by atoms with Gasteiger partial charge in [-0.15, -0.1) is 0 Å². The molecule has 0 amide bonds. The summed E-state index contributed by atoms with van der Waals surface area (Å²) in [6.07, 6.45) is -42.6. The topological polar surface area (TPSA) is 485 Å². The number of ketones is 2. The first-order chi connectivity index (χ1) is 43.4. The Balaban J connectivity index is 0.888. The van der Waals surface area contributed by atoms with Crippen LogP contribution in [0.5, 0.6) is 0 Å². The molecular formula is C60H92O32S. The molecule has 6 heterocycles. The van der Waals surface area contributed by atoms with Gasteiger partial charge in [0.25, 0.3) is 0 Å². The van der Waals surface area contributed by atoms with Crippen molar-refractivity contribution in [3.63, 3.8) is 0 Å². The first-order valence-corrected chi connectivity index (χ1v) is 33.1. The fourth-order valence-corrected chi connectivity index (χ4v) is 17.7. The minimum absolute atomic E-state index is 0.0119. The Morgan fingerprint density at radius 3 is 1.91 bits per heavy atom. The molecule has 0 aromatic carbocycles. The Labute approximate surface area is 536 Å². The molecule has 93 heavy (non-hydrogen) atoms. The molecular weight excluding hydrogens is 1260 g/mol. The van der Waals surface area contributed by atoms with Gasteiger partial charge in [-0.3, -0.25) is 18.9 Å². The van der Waals surface area contributed by atoms with Gasteiger partial charge < -0.3 is 118 Å². The lowest BCUT2D eigenvalue weighted by atomic mass is 9.43. The average Bonchev–Trinajstić information content (AvgIpc) is 1.55. The molecule has 31 atom stereocenters. The van der Waals surface area contributed by atoms with Gasteiger partial charge in [0.2, 0.25) is 0 Å². The van der Waals surface area contributed by atoms with E-state index in [4.69, 9.17) is 56.8 Å². The Hall–Kier alpha value is -2.99. The Morgan fingerprint density at radius 2 is 1.27 bits per heavy atom. The van der Waals surface area contributed by atoms with Gasteiger partial charge in [0.15, 0.2) is 43.3 Å². The van der Waals surface area contributed by atoms with E-state index in [0.717, 1.165) is 12.7 Å². The van der Waals surface area contributed by atoms with E-state index in [9.17, 15) is 88.6 Å². The number of methoxy groups -OCH3 is 1. The highest BCUT2D eigenvalue weighted by atomic mass is 32.3. The number of ether oxygens (including phenoxy) is 12. The fourth-order valence-electron chi connectivity index (χ4n) is 17.4. The van der Waals surface area contributed by atoms with Gasteiger partial charge in [0.1, 0.15) is 115 Å². The Kier molecular flexibility index (Phi) is 21.1. The normalized spacial score (nSPS) is 49.2. The van der Waals surface area contributed by atoms with Crippen LogP contribution in [0.15, 0.2) is 11.1 Å². The smallest absolute Gasteiger partial charge is 0.397 e. The van der Waals surface area contributed by atoms with Gasteiger partial charge in [-0.25, -0.2) is 8.98 Å². The number of carboxylic acid groups (broad SMARTS) is 1. The van der Waals surface area contributed by atoms with Gasteiger partial charge >= 0.3 is 22.3 Å². The summed E-state index contributed by atoms with van der Waals surface area (Å²) in [5.74, 6) is -2.72. The van der Waals surface area contributed by atoms with Crippen molar-refractivity contribution in [2.45, 2.75) is 272 Å². The maximum Gasteiger partial charge on any atom is 0.397 e. The van der Waals surface area contributed by atoms with Crippen LogP contribution in [0, 0.1) is 39.4 Å². The number of aliphatic hydroxyl groups is 11. The average molecular weight is 1360 g/mol. The third-order valence-corrected chi connectivity index (χ3v) is 22.6. The lowest BCUT2D eigenvalue weighted by molar-refractivity contribution is -0.393. The number of cyclic esters (lactones) is 1. The first-order valence-electron chi connectivity index (χ1n) is 31.7. The van der Waals surface area contributed by atoms with Crippen molar-refractivity contribution in [1.29, 1.82) is 0 Å². The van der Waals surface area contributed by atoms with Crippen LogP contribution in [0.4, 0.5) is 0 Å². The zero-order valence-electron chi connectivity index (χ0n) is 53.1. The van der Waals surface area contributed by atoms with E-state index in [1.165, 1.54) is 6.92 Å². The van der Waals surface area contributed by atoms with Crippen molar-refractivity contribution in [3.05, 3.63) is 11.1 Å². The molecule has 10 aliphatic rings. The van der Waals surface area contributed by atoms with Crippen LogP contribution in [-0.2, 0) is 90.6 Å². The summed E-state index contributed by atoms with van der Waals surface area (Å²) < 4.78 is 108. The number of fused-ring (bicyclic) bond motifs is 3. The maximum atomic E-state index is 15.2. The second kappa shape index (κ2) is 26.9. The number of carboxylic acids is 1. The molecule has 6 aliphatic heterocycles. The van der Waals surface area contributed by atoms with Gasteiger partial charge in [0, 0.05) is 43.3 Å². The summed E-state index contributed by atoms with van der Waals surface area (Å²) in [7, 11) is -4.05. The number of hydrogen-bond acceptors (Lipinski definition) is 30. The fraction of sp³-hybridized carbons (Fsp3) is 0.900. The van der Waals surface area contributed by atoms with Crippen molar-refractivity contribution < 1.29 is 154 Å². The van der Waals surface area contributed by atoms with Crippen LogP contribution in [0.1, 0.15) is 113 Å². The molecule has 0 unspecified atom stereocenters. The molecule has 10 rings (SSSR count). The third kappa shape index (κ3) is 12.8. The van der Waals surface area contributed by atoms with E-state index in [2.05, 4.69) is 11.1 Å². The predicted molar refractivity (Wildman–Crippen MR) is 305 cm³/mol. The van der Waals surface area contributed by atoms with Crippen LogP contribution in [0.25, 0.3) is 0 Å². The quantitative estimate of drug-likeness (QED) is 0.0425. The third-order valence-electron chi connectivity index (χ3n) is 22.1. The van der Waals surface area contributed by atoms with Crippen LogP contribution >= 0.6 is 0 Å². The lowest BCUT2D eigenvalue weighted by Crippen LogP contribution is -2.67. The number of aliphatic hydroxyl groups excluding tert-OH is 11. The zero-order chi connectivity index (χ0) is 68.3. The zero-order valence-corrected chi connectivity index (χ0v) is 53.9. The van der Waals surface area contributed by atoms with Crippen LogP contribution in [0.3, 0.4) is 0 Å². The summed E-state index contributed by atoms with van der Waals surface area (Å²) in [6.45, 7) is 12.5. The Bertz CT molecular complexity index is 2900. The van der Waals surface area contributed by atoms with Crippen LogP contribution < -0.4 is 0 Å². The first kappa shape index (κ1) is 72.7. The number of rotatable bonds is 20. The molecule has 33 heteroatoms. The number of hydrogen-bond donors (Lipinski definition) is 13. The second-order valence-corrected chi connectivity index (χ2v) is 29.7. The lowest BCUT2D eigenvalue weighted by Gasteiger charge is -2.61. The monoisotopic (exact) mass is 1360 g/mol. The predicted octanol–water partition coefficient (Wildman–Crippen LogP) is -3.06. The number of aliphatic carboxylic acids is 1. The summed E-state index contributed by atoms with van der Waals surface area (Å²) >= 11 is 0. The second-order valence-electron chi connectivity index (χ2n) is 28.6. The van der Waals surface area contributed by atoms with Crippen molar-refractivity contribution in [2.75, 3.05) is 26.9 Å². The molecule has 1 spiro atoms. The van der Waals surface area contributed by atoms with Crippen LogP contribution in [0.2, 0.25) is 0 Å². The number of carbonyl (C=O) groups excluding carboxylic acids is 3. The number of esters is 1. The largest absolute Gasteiger partial charge is 0.479 e. The molecule has 13 N–H and O–H groups in total. The summed E-state index contributed by atoms with van der Waals surface area (Å²) in [5.41, 5.74) is -2.80. The highest BCUT2D eigenvalue weighted by Gasteiger charge is 2.76. The molecule has 8 fully saturated rings. The molecule has 2 saturated carbocycles. The van der Waals surface area contributed by atoms with E-state index in [1.54, 1.807) is 0 Å². The molecule has 4 aliphatic carbocycles. The van der Waals surface area contributed by atoms with Gasteiger partial charge in [-0.2, -0.15) is 8.42 Å². The molecule has 0 bridgehead atoms. The van der Waals surface area contributed by atoms with E-state index in [0.29, 0.717) is 50.5 Å². The van der Waals surface area contributed by atoms with E-state index in [-0.39, 0.29) is 48.1 Å². The van der Waals surface area contributed by atoms with Gasteiger partial charge in [-0.1, -0.05) is 47.1 Å². The SMILES string of the molecule is CO[C@@H]1[C@@H](O)[C@H](O[C@@H]2[C@@H](O)[C@H](O[C@H]3[C@@H](O)[C@@H](O)[C@H](O[C@@H]4[C@H](O[C@H]5CC[C@]6(C)C7=C(C(=O)C[C@H]6C5(C)C)[C@]5(C)CC[C@H]6[C@]5(CC7)C(=O)O[C@@]6(C)CC(=O)CC(C)C)OC[C@@H](O[C@H]5O[C@H](COS(=O)(=O)O)[C@@H](O)[C@H](O)[C@H]5O)[C@@H]4O)O[C@@H]3C)O[C@H](CO)[C@H]2O)O[C@H](C(=O)O)[C@H]1O. The van der Waals surface area contributed by atoms with E-state index in [1.807, 2.05) is 41.5 Å². The van der Waals surface area contributed by atoms with E-state index < -0.39 is 217 Å². The highest BCUT2D eigenvalue weighted by Crippen LogP contribution is 2.75. The summed E-state index contributed by atoms with van der Waals surface area (Å²) in [6, 6.07) is 0. The van der Waals surface area contributed by atoms with Crippen molar-refractivity contribution in [2.24, 2.45) is 39.4 Å².